The van der Waals surface area contributed by atoms with Gasteiger partial charge in [0.1, 0.15) is 29.4 Å². The van der Waals surface area contributed by atoms with Crippen molar-refractivity contribution in [2.75, 3.05) is 19.8 Å². The van der Waals surface area contributed by atoms with Gasteiger partial charge in [0.05, 0.1) is 31.1 Å². The molecule has 2 atom stereocenters. The lowest BCUT2D eigenvalue weighted by Gasteiger charge is -2.29. The average Bonchev–Trinajstić information content (AvgIpc) is 3.71. The van der Waals surface area contributed by atoms with E-state index in [-0.39, 0.29) is 18.6 Å². The summed E-state index contributed by atoms with van der Waals surface area (Å²) in [6, 6.07) is 6.81. The summed E-state index contributed by atoms with van der Waals surface area (Å²) >= 11 is 5.49. The van der Waals surface area contributed by atoms with Gasteiger partial charge in [-0.05, 0) is 63.9 Å². The lowest BCUT2D eigenvalue weighted by Crippen LogP contribution is -2.42. The molecule has 0 saturated carbocycles. The molecular formula is C31H46ClFN4O5SSi. The molecule has 3 heterocycles. The lowest BCUT2D eigenvalue weighted by molar-refractivity contribution is -0.187. The number of hydrogen-bond donors (Lipinski definition) is 1. The molecule has 1 saturated heterocycles. The Kier molecular flexibility index (Phi) is 12.1. The zero-order valence-electron chi connectivity index (χ0n) is 26.7. The van der Waals surface area contributed by atoms with Crippen molar-refractivity contribution in [2.45, 2.75) is 102 Å². The monoisotopic (exact) mass is 668 g/mol. The highest BCUT2D eigenvalue weighted by atomic mass is 35.5. The van der Waals surface area contributed by atoms with Gasteiger partial charge in [-0.15, -0.1) is 4.72 Å². The van der Waals surface area contributed by atoms with Crippen molar-refractivity contribution in [1.82, 2.24) is 19.3 Å². The maximum Gasteiger partial charge on any atom is 0.255 e. The second-order valence-electron chi connectivity index (χ2n) is 13.3. The molecule has 4 rings (SSSR count). The Morgan fingerprint density at radius 1 is 1.16 bits per heavy atom. The first-order valence-corrected chi connectivity index (χ1v) is 20.5. The van der Waals surface area contributed by atoms with Crippen LogP contribution in [0.3, 0.4) is 0 Å². The van der Waals surface area contributed by atoms with Crippen LogP contribution in [0.4, 0.5) is 4.39 Å². The van der Waals surface area contributed by atoms with Gasteiger partial charge in [0.2, 0.25) is 5.79 Å². The van der Waals surface area contributed by atoms with Crippen LogP contribution < -0.4 is 4.72 Å². The highest BCUT2D eigenvalue weighted by Crippen LogP contribution is 2.37. The Bertz CT molecular complexity index is 1310. The summed E-state index contributed by atoms with van der Waals surface area (Å²) in [5.74, 6) is -0.264. The van der Waals surface area contributed by atoms with Crippen molar-refractivity contribution in [1.29, 1.82) is 0 Å². The Balaban J connectivity index is 1.55. The third kappa shape index (κ3) is 9.38. The van der Waals surface area contributed by atoms with Crippen LogP contribution in [0, 0.1) is 5.82 Å². The second kappa shape index (κ2) is 15.2. The van der Waals surface area contributed by atoms with E-state index >= 15 is 0 Å². The first-order chi connectivity index (χ1) is 20.8. The van der Waals surface area contributed by atoms with Gasteiger partial charge < -0.3 is 27.7 Å². The van der Waals surface area contributed by atoms with Gasteiger partial charge in [-0.25, -0.2) is 14.4 Å². The predicted molar refractivity (Wildman–Crippen MR) is 174 cm³/mol. The number of aromatic nitrogens is 3. The van der Waals surface area contributed by atoms with Crippen LogP contribution >= 0.6 is 11.6 Å². The quantitative estimate of drug-likeness (QED) is 0.0946. The van der Waals surface area contributed by atoms with E-state index < -0.39 is 30.0 Å². The molecule has 0 spiro atoms. The van der Waals surface area contributed by atoms with Gasteiger partial charge in [-0.2, -0.15) is 0 Å². The fourth-order valence-electron chi connectivity index (χ4n) is 4.93. The summed E-state index contributed by atoms with van der Waals surface area (Å²) in [4.78, 5) is 8.98. The number of halogens is 2. The largest absolute Gasteiger partial charge is 0.598 e. The van der Waals surface area contributed by atoms with E-state index in [1.165, 1.54) is 18.4 Å². The molecule has 1 fully saturated rings. The molecule has 1 aromatic carbocycles. The molecule has 13 heteroatoms. The molecule has 0 radical (unpaired) electrons. The molecule has 1 unspecified atom stereocenters. The number of nitrogens with zero attached hydrogens (tertiary/aromatic N) is 3. The van der Waals surface area contributed by atoms with Gasteiger partial charge in [-0.3, -0.25) is 0 Å². The number of ether oxygens (including phenoxy) is 3. The van der Waals surface area contributed by atoms with Crippen molar-refractivity contribution >= 4 is 31.0 Å². The SMILES string of the molecule is CC(C)(C)[S+]([O-])N[C@@H](CCCCCC1(c2ncco2)OCCO1)c1c(Cl)nc(-c2ccc(F)cc2)n1COCC[Si](C)(C)C. The number of imidazole rings is 1. The third-order valence-corrected chi connectivity index (χ3v) is 11.0. The average molecular weight is 669 g/mol. The summed E-state index contributed by atoms with van der Waals surface area (Å²) < 4.78 is 55.5. The van der Waals surface area contributed by atoms with Crippen LogP contribution in [0.2, 0.25) is 30.8 Å². The van der Waals surface area contributed by atoms with Gasteiger partial charge in [0, 0.05) is 38.0 Å². The van der Waals surface area contributed by atoms with Crippen molar-refractivity contribution in [3.8, 4) is 11.4 Å². The molecule has 1 aliphatic rings. The molecule has 9 nitrogen and oxygen atoms in total. The van der Waals surface area contributed by atoms with Crippen LogP contribution in [0.1, 0.15) is 70.5 Å². The standard InChI is InChI=1S/C31H46ClFN4O5SSi/c1-30(2,3)43(38)36-25(10-8-7-9-15-31(41-18-19-42-31)29-34-16-17-40-29)26-27(32)35-28(23-11-13-24(33)14-12-23)37(26)22-39-20-21-44(4,5)6/h11-14,16-17,25,36H,7-10,15,18-22H2,1-6H3/t25-,43?/m0/s1. The minimum absolute atomic E-state index is 0.222. The lowest BCUT2D eigenvalue weighted by atomic mass is 10.0. The van der Waals surface area contributed by atoms with Crippen LogP contribution in [0.15, 0.2) is 41.1 Å². The minimum Gasteiger partial charge on any atom is -0.598 e. The smallest absolute Gasteiger partial charge is 0.255 e. The molecule has 1 aliphatic heterocycles. The van der Waals surface area contributed by atoms with Crippen molar-refractivity contribution in [3.63, 3.8) is 0 Å². The van der Waals surface area contributed by atoms with Crippen molar-refractivity contribution in [3.05, 3.63) is 59.3 Å². The maximum atomic E-state index is 13.8. The fraction of sp³-hybridized carbons (Fsp3) is 0.613. The summed E-state index contributed by atoms with van der Waals surface area (Å²) in [6.45, 7) is 14.5. The predicted octanol–water partition coefficient (Wildman–Crippen LogP) is 7.59. The Hall–Kier alpha value is -1.77. The number of hydrogen-bond acceptors (Lipinski definition) is 8. The Morgan fingerprint density at radius 3 is 2.48 bits per heavy atom. The number of rotatable bonds is 16. The molecule has 0 amide bonds. The summed E-state index contributed by atoms with van der Waals surface area (Å²) in [5.41, 5.74) is 1.42. The maximum absolute atomic E-state index is 13.8. The Morgan fingerprint density at radius 2 is 1.86 bits per heavy atom. The minimum atomic E-state index is -1.37. The van der Waals surface area contributed by atoms with Gasteiger partial charge in [-0.1, -0.05) is 44.1 Å². The molecule has 44 heavy (non-hydrogen) atoms. The van der Waals surface area contributed by atoms with E-state index in [9.17, 15) is 8.94 Å². The number of benzene rings is 1. The third-order valence-electron chi connectivity index (χ3n) is 7.43. The van der Waals surface area contributed by atoms with E-state index in [4.69, 9.17) is 35.2 Å². The topological polar surface area (TPSA) is 107 Å². The van der Waals surface area contributed by atoms with Crippen LogP contribution in [0.5, 0.6) is 0 Å². The van der Waals surface area contributed by atoms with E-state index in [0.717, 1.165) is 30.9 Å². The van der Waals surface area contributed by atoms with Gasteiger partial charge in [0.15, 0.2) is 5.15 Å². The van der Waals surface area contributed by atoms with Crippen molar-refractivity contribution in [2.24, 2.45) is 0 Å². The first-order valence-electron chi connectivity index (χ1n) is 15.2. The molecule has 244 valence electrons. The summed E-state index contributed by atoms with van der Waals surface area (Å²) in [7, 11) is -1.31. The zero-order chi connectivity index (χ0) is 32.0. The molecule has 0 aliphatic carbocycles. The molecular weight excluding hydrogens is 623 g/mol. The van der Waals surface area contributed by atoms with Crippen LogP contribution in [0.25, 0.3) is 11.4 Å². The summed E-state index contributed by atoms with van der Waals surface area (Å²) in [5, 5.41) is 0.303. The first kappa shape index (κ1) is 35.1. The number of nitrogens with one attached hydrogen (secondary N) is 1. The van der Waals surface area contributed by atoms with E-state index in [1.807, 2.05) is 25.3 Å². The Labute approximate surface area is 269 Å². The van der Waals surface area contributed by atoms with Gasteiger partial charge >= 0.3 is 0 Å². The van der Waals surface area contributed by atoms with E-state index in [0.29, 0.717) is 55.2 Å². The fourth-order valence-corrected chi connectivity index (χ4v) is 6.85. The van der Waals surface area contributed by atoms with Gasteiger partial charge in [0.25, 0.3) is 5.89 Å². The number of unbranched alkanes of at least 4 members (excludes halogenated alkanes) is 2. The van der Waals surface area contributed by atoms with Crippen molar-refractivity contribution < 1.29 is 27.6 Å². The highest BCUT2D eigenvalue weighted by molar-refractivity contribution is 7.90. The second-order valence-corrected chi connectivity index (χ2v) is 21.3. The number of oxazole rings is 1. The summed E-state index contributed by atoms with van der Waals surface area (Å²) in [6.07, 6.45) is 6.86. The van der Waals surface area contributed by atoms with E-state index in [2.05, 4.69) is 29.3 Å². The normalized spacial score (nSPS) is 16.8. The molecule has 0 bridgehead atoms. The molecule has 1 N–H and O–H groups in total. The molecule has 2 aromatic heterocycles. The highest BCUT2D eigenvalue weighted by Gasteiger charge is 2.42. The van der Waals surface area contributed by atoms with E-state index in [1.54, 1.807) is 18.3 Å². The molecule has 3 aromatic rings. The van der Waals surface area contributed by atoms with Crippen LogP contribution in [-0.2, 0) is 38.1 Å². The zero-order valence-corrected chi connectivity index (χ0v) is 29.2. The van der Waals surface area contributed by atoms with Crippen LogP contribution in [-0.4, -0.2) is 51.7 Å².